The van der Waals surface area contributed by atoms with Crippen molar-refractivity contribution in [3.05, 3.63) is 153 Å². The van der Waals surface area contributed by atoms with E-state index in [2.05, 4.69) is 22.8 Å². The molecule has 2 heterocycles. The highest BCUT2D eigenvalue weighted by atomic mass is 19.4. The lowest BCUT2D eigenvalue weighted by molar-refractivity contribution is -0.140. The van der Waals surface area contributed by atoms with E-state index in [0.717, 1.165) is 53.3 Å². The zero-order valence-corrected chi connectivity index (χ0v) is 42.0. The van der Waals surface area contributed by atoms with Crippen molar-refractivity contribution >= 4 is 35.4 Å². The number of halogens is 6. The molecule has 2 aliphatic rings. The van der Waals surface area contributed by atoms with Crippen LogP contribution in [0.2, 0.25) is 0 Å². The number of urea groups is 2. The molecular weight excluding hydrogens is 983 g/mol. The lowest BCUT2D eigenvalue weighted by Crippen LogP contribution is -2.51. The highest BCUT2D eigenvalue weighted by Gasteiger charge is 2.45. The zero-order valence-electron chi connectivity index (χ0n) is 42.0. The standard InChI is InChI=1S/C55H58F6N8O6/c1-5-74-50(70)46-36(3)68(44-16-10-14-42(32-44)54(56,57)58)52(72)66(48(46)40-22-18-38(34-62)19-23-40)30-12-28-64-26-8-7-9-27-65-29-13-31-67-49(41-24-20-39(35-63)21-25-41)47(51(71)75-6-2)37(4)69(53(67)73)45-17-11-15-43(33-45)55(59,60)61/h10-11,14-25,32-33,48-49,64-65H,5-9,12-13,26-31H2,1-4H3. The Morgan fingerprint density at radius 2 is 0.920 bits per heavy atom. The van der Waals surface area contributed by atoms with Gasteiger partial charge in [-0.15, -0.1) is 0 Å². The number of nitriles is 2. The first-order valence-electron chi connectivity index (χ1n) is 24.6. The molecule has 0 fully saturated rings. The van der Waals surface area contributed by atoms with Gasteiger partial charge in [0.2, 0.25) is 0 Å². The van der Waals surface area contributed by atoms with Crippen molar-refractivity contribution in [3.63, 3.8) is 0 Å². The topological polar surface area (TPSA) is 171 Å². The minimum Gasteiger partial charge on any atom is -0.463 e. The fourth-order valence-corrected chi connectivity index (χ4v) is 9.20. The van der Waals surface area contributed by atoms with Crippen LogP contribution in [0.4, 0.5) is 47.3 Å². The van der Waals surface area contributed by atoms with Gasteiger partial charge in [-0.1, -0.05) is 42.8 Å². The van der Waals surface area contributed by atoms with E-state index in [-0.39, 0.29) is 60.2 Å². The third-order valence-electron chi connectivity index (χ3n) is 12.8. The van der Waals surface area contributed by atoms with Crippen LogP contribution in [0.15, 0.2) is 120 Å². The predicted molar refractivity (Wildman–Crippen MR) is 267 cm³/mol. The van der Waals surface area contributed by atoms with Gasteiger partial charge in [0.1, 0.15) is 0 Å². The van der Waals surface area contributed by atoms with E-state index in [1.54, 1.807) is 62.4 Å². The minimum atomic E-state index is -4.69. The molecule has 6 rings (SSSR count). The molecule has 2 N–H and O–H groups in total. The molecule has 4 aromatic carbocycles. The Kier molecular flexibility index (Phi) is 19.3. The molecule has 2 atom stereocenters. The van der Waals surface area contributed by atoms with Crippen molar-refractivity contribution < 1.29 is 55.0 Å². The third-order valence-corrected chi connectivity index (χ3v) is 12.8. The van der Waals surface area contributed by atoms with E-state index in [1.807, 2.05) is 0 Å². The Morgan fingerprint density at radius 1 is 0.560 bits per heavy atom. The molecule has 0 aromatic heterocycles. The number of carbonyl (C=O) groups is 4. The SMILES string of the molecule is CCOC(=O)C1=C(C)N(c2cccc(C(F)(F)F)c2)C(=O)N(CCCNCCCCCNCCCN2C(=O)N(c3cccc(C(F)(F)F)c3)C(C)=C(C(=O)OCC)C2c2ccc(C#N)cc2)C1c1ccc(C#N)cc1. The van der Waals surface area contributed by atoms with Crippen molar-refractivity contribution in [1.82, 2.24) is 20.4 Å². The maximum absolute atomic E-state index is 14.5. The van der Waals surface area contributed by atoms with Crippen LogP contribution >= 0.6 is 0 Å². The Morgan fingerprint density at radius 3 is 1.25 bits per heavy atom. The zero-order chi connectivity index (χ0) is 54.5. The molecule has 0 saturated carbocycles. The molecule has 0 bridgehead atoms. The largest absolute Gasteiger partial charge is 0.463 e. The van der Waals surface area contributed by atoms with E-state index < -0.39 is 59.6 Å². The molecule has 75 heavy (non-hydrogen) atoms. The Balaban J connectivity index is 1.05. The van der Waals surface area contributed by atoms with Gasteiger partial charge >= 0.3 is 36.4 Å². The van der Waals surface area contributed by atoms with E-state index in [0.29, 0.717) is 61.3 Å². The Hall–Kier alpha value is -7.68. The lowest BCUT2D eigenvalue weighted by Gasteiger charge is -2.43. The highest BCUT2D eigenvalue weighted by Crippen LogP contribution is 2.43. The second-order valence-electron chi connectivity index (χ2n) is 17.7. The molecule has 4 aromatic rings. The number of benzene rings is 4. The quantitative estimate of drug-likeness (QED) is 0.0438. The van der Waals surface area contributed by atoms with E-state index in [1.165, 1.54) is 47.9 Å². The summed E-state index contributed by atoms with van der Waals surface area (Å²) in [6.45, 7) is 8.62. The number of hydrogen-bond donors (Lipinski definition) is 2. The van der Waals surface area contributed by atoms with Gasteiger partial charge in [0.15, 0.2) is 0 Å². The number of hydrogen-bond acceptors (Lipinski definition) is 10. The number of carbonyl (C=O) groups excluding carboxylic acids is 4. The molecule has 0 radical (unpaired) electrons. The highest BCUT2D eigenvalue weighted by molar-refractivity contribution is 6.04. The summed E-state index contributed by atoms with van der Waals surface area (Å²) in [5.41, 5.74) is 0.0282. The van der Waals surface area contributed by atoms with Crippen LogP contribution in [-0.2, 0) is 31.4 Å². The fraction of sp³-hybridized carbons (Fsp3) is 0.382. The second kappa shape index (κ2) is 25.5. The Bertz CT molecular complexity index is 2650. The van der Waals surface area contributed by atoms with Crippen LogP contribution in [-0.4, -0.2) is 86.3 Å². The molecule has 2 unspecified atom stereocenters. The Labute approximate surface area is 431 Å². The van der Waals surface area contributed by atoms with Crippen molar-refractivity contribution in [2.24, 2.45) is 0 Å². The van der Waals surface area contributed by atoms with Crippen molar-refractivity contribution in [3.8, 4) is 12.1 Å². The van der Waals surface area contributed by atoms with Crippen LogP contribution in [0.1, 0.15) is 105 Å². The molecule has 396 valence electrons. The average Bonchev–Trinajstić information content (AvgIpc) is 3.38. The van der Waals surface area contributed by atoms with Crippen LogP contribution in [0, 0.1) is 22.7 Å². The van der Waals surface area contributed by atoms with Crippen LogP contribution in [0.5, 0.6) is 0 Å². The molecule has 14 nitrogen and oxygen atoms in total. The maximum Gasteiger partial charge on any atom is 0.416 e. The molecular formula is C55H58F6N8O6. The van der Waals surface area contributed by atoms with E-state index in [9.17, 15) is 56.0 Å². The number of amides is 4. The van der Waals surface area contributed by atoms with Crippen molar-refractivity contribution in [2.45, 2.75) is 84.2 Å². The summed E-state index contributed by atoms with van der Waals surface area (Å²) in [4.78, 5) is 61.4. The van der Waals surface area contributed by atoms with Crippen molar-refractivity contribution in [2.75, 3.05) is 62.3 Å². The number of nitrogens with one attached hydrogen (secondary N) is 2. The van der Waals surface area contributed by atoms with Gasteiger partial charge in [0.25, 0.3) is 0 Å². The third kappa shape index (κ3) is 13.5. The normalized spacial score (nSPS) is 16.3. The minimum absolute atomic E-state index is 0.00520. The molecule has 0 saturated heterocycles. The van der Waals surface area contributed by atoms with E-state index >= 15 is 0 Å². The molecule has 4 amide bonds. The maximum atomic E-state index is 14.5. The lowest BCUT2D eigenvalue weighted by atomic mass is 9.92. The van der Waals surface area contributed by atoms with Gasteiger partial charge in [-0.05, 0) is 151 Å². The number of anilines is 2. The summed E-state index contributed by atoms with van der Waals surface area (Å²) in [5.74, 6) is -1.48. The van der Waals surface area contributed by atoms with Crippen LogP contribution < -0.4 is 20.4 Å². The monoisotopic (exact) mass is 1040 g/mol. The van der Waals surface area contributed by atoms with Crippen molar-refractivity contribution in [1.29, 1.82) is 10.5 Å². The smallest absolute Gasteiger partial charge is 0.416 e. The van der Waals surface area contributed by atoms with Gasteiger partial charge in [-0.3, -0.25) is 9.80 Å². The first-order valence-corrected chi connectivity index (χ1v) is 24.6. The summed E-state index contributed by atoms with van der Waals surface area (Å²) in [6.07, 6.45) is -6.15. The number of rotatable bonds is 22. The van der Waals surface area contributed by atoms with Crippen LogP contribution in [0.25, 0.3) is 0 Å². The summed E-state index contributed by atoms with van der Waals surface area (Å²) >= 11 is 0. The van der Waals surface area contributed by atoms with E-state index in [4.69, 9.17) is 9.47 Å². The summed E-state index contributed by atoms with van der Waals surface area (Å²) < 4.78 is 94.0. The van der Waals surface area contributed by atoms with Gasteiger partial charge in [-0.25, -0.2) is 19.2 Å². The molecule has 0 spiro atoms. The summed E-state index contributed by atoms with van der Waals surface area (Å²) in [5, 5.41) is 25.7. The summed E-state index contributed by atoms with van der Waals surface area (Å²) in [7, 11) is 0. The number of nitrogens with zero attached hydrogens (tertiary/aromatic N) is 6. The molecule has 0 aliphatic carbocycles. The number of unbranched alkanes of at least 4 members (excludes halogenated alkanes) is 2. The number of esters is 2. The molecule has 20 heteroatoms. The fourth-order valence-electron chi connectivity index (χ4n) is 9.20. The van der Waals surface area contributed by atoms with Gasteiger partial charge in [0.05, 0.1) is 82.2 Å². The first kappa shape index (κ1) is 56.6. The summed E-state index contributed by atoms with van der Waals surface area (Å²) in [6, 6.07) is 22.3. The number of alkyl halides is 6. The van der Waals surface area contributed by atoms with Gasteiger partial charge in [-0.2, -0.15) is 36.9 Å². The average molecular weight is 1040 g/mol. The van der Waals surface area contributed by atoms with Gasteiger partial charge in [0, 0.05) is 24.5 Å². The number of ether oxygens (including phenoxy) is 2. The second-order valence-corrected chi connectivity index (χ2v) is 17.7. The van der Waals surface area contributed by atoms with Crippen LogP contribution in [0.3, 0.4) is 0 Å². The van der Waals surface area contributed by atoms with Gasteiger partial charge < -0.3 is 29.9 Å². The first-order chi connectivity index (χ1) is 35.9. The molecule has 2 aliphatic heterocycles. The predicted octanol–water partition coefficient (Wildman–Crippen LogP) is 10.9. The number of allylic oxidation sites excluding steroid dienone is 2.